The van der Waals surface area contributed by atoms with Crippen molar-refractivity contribution in [3.05, 3.63) is 0 Å². The van der Waals surface area contributed by atoms with Crippen LogP contribution in [-0.4, -0.2) is 75.6 Å². The third-order valence-corrected chi connectivity index (χ3v) is 4.45. The second-order valence-corrected chi connectivity index (χ2v) is 5.89. The van der Waals surface area contributed by atoms with Crippen LogP contribution in [0.15, 0.2) is 0 Å². The van der Waals surface area contributed by atoms with E-state index in [-0.39, 0.29) is 36.8 Å². The minimum atomic E-state index is -0.652. The second kappa shape index (κ2) is 8.01. The quantitative estimate of drug-likeness (QED) is 0.798. The molecule has 2 rings (SSSR count). The van der Waals surface area contributed by atoms with E-state index in [0.717, 1.165) is 0 Å². The number of rotatable bonds is 5. The van der Waals surface area contributed by atoms with Crippen molar-refractivity contribution in [1.82, 2.24) is 0 Å². The SMILES string of the molecule is CO[C@H]1C[C@H](OC)[C@@H](O[C@H]2C[C@H](OC)C(O)[C@H](C)O2)[C@H](C)O1. The Morgan fingerprint density at radius 3 is 2.00 bits per heavy atom. The van der Waals surface area contributed by atoms with Crippen LogP contribution in [0.1, 0.15) is 26.7 Å². The highest BCUT2D eigenvalue weighted by Crippen LogP contribution is 2.30. The molecule has 2 aliphatic heterocycles. The van der Waals surface area contributed by atoms with Crippen molar-refractivity contribution in [3.63, 3.8) is 0 Å². The Morgan fingerprint density at radius 2 is 1.41 bits per heavy atom. The molecule has 0 aliphatic carbocycles. The first kappa shape index (κ1) is 18.1. The van der Waals surface area contributed by atoms with Crippen LogP contribution in [0.3, 0.4) is 0 Å². The van der Waals surface area contributed by atoms with E-state index >= 15 is 0 Å². The van der Waals surface area contributed by atoms with Crippen LogP contribution in [0.5, 0.6) is 0 Å². The predicted molar refractivity (Wildman–Crippen MR) is 77.4 cm³/mol. The number of aliphatic hydroxyl groups excluding tert-OH is 1. The third-order valence-electron chi connectivity index (χ3n) is 4.45. The van der Waals surface area contributed by atoms with Gasteiger partial charge in [0.1, 0.15) is 12.2 Å². The largest absolute Gasteiger partial charge is 0.388 e. The number of hydrogen-bond donors (Lipinski definition) is 1. The lowest BCUT2D eigenvalue weighted by molar-refractivity contribution is -0.312. The summed E-state index contributed by atoms with van der Waals surface area (Å²) >= 11 is 0. The molecule has 0 aromatic rings. The Kier molecular flexibility index (Phi) is 6.58. The van der Waals surface area contributed by atoms with Crippen molar-refractivity contribution in [2.75, 3.05) is 21.3 Å². The van der Waals surface area contributed by atoms with Gasteiger partial charge in [-0.2, -0.15) is 0 Å². The van der Waals surface area contributed by atoms with Gasteiger partial charge in [0.25, 0.3) is 0 Å². The lowest BCUT2D eigenvalue weighted by Crippen LogP contribution is -2.54. The first-order chi connectivity index (χ1) is 10.5. The van der Waals surface area contributed by atoms with Gasteiger partial charge in [-0.3, -0.25) is 0 Å². The fourth-order valence-corrected chi connectivity index (χ4v) is 3.08. The van der Waals surface area contributed by atoms with E-state index in [9.17, 15) is 5.11 Å². The summed E-state index contributed by atoms with van der Waals surface area (Å²) in [5.74, 6) is 0. The van der Waals surface area contributed by atoms with Crippen LogP contribution in [0.4, 0.5) is 0 Å². The summed E-state index contributed by atoms with van der Waals surface area (Å²) in [4.78, 5) is 0. The molecule has 22 heavy (non-hydrogen) atoms. The van der Waals surface area contributed by atoms with Crippen LogP contribution >= 0.6 is 0 Å². The summed E-state index contributed by atoms with van der Waals surface area (Å²) in [6.07, 6.45) is -1.58. The molecule has 0 aromatic carbocycles. The molecule has 0 saturated carbocycles. The van der Waals surface area contributed by atoms with Crippen molar-refractivity contribution < 1.29 is 33.5 Å². The average molecular weight is 320 g/mol. The van der Waals surface area contributed by atoms with Crippen molar-refractivity contribution in [3.8, 4) is 0 Å². The molecule has 2 fully saturated rings. The molecule has 0 spiro atoms. The molecule has 130 valence electrons. The van der Waals surface area contributed by atoms with Crippen molar-refractivity contribution in [2.24, 2.45) is 0 Å². The zero-order chi connectivity index (χ0) is 16.3. The van der Waals surface area contributed by atoms with Gasteiger partial charge in [-0.25, -0.2) is 0 Å². The second-order valence-electron chi connectivity index (χ2n) is 5.89. The molecule has 0 radical (unpaired) electrons. The highest BCUT2D eigenvalue weighted by atomic mass is 16.7. The van der Waals surface area contributed by atoms with E-state index in [4.69, 9.17) is 28.4 Å². The van der Waals surface area contributed by atoms with Gasteiger partial charge in [0.05, 0.1) is 24.4 Å². The maximum atomic E-state index is 10.0. The first-order valence-electron chi connectivity index (χ1n) is 7.73. The van der Waals surface area contributed by atoms with Gasteiger partial charge in [0.15, 0.2) is 12.6 Å². The minimum Gasteiger partial charge on any atom is -0.388 e. The van der Waals surface area contributed by atoms with E-state index in [1.165, 1.54) is 0 Å². The molecule has 7 nitrogen and oxygen atoms in total. The molecule has 8 atom stereocenters. The van der Waals surface area contributed by atoms with Crippen LogP contribution < -0.4 is 0 Å². The molecule has 7 heteroatoms. The lowest BCUT2D eigenvalue weighted by Gasteiger charge is -2.43. The summed E-state index contributed by atoms with van der Waals surface area (Å²) in [5.41, 5.74) is 0. The zero-order valence-corrected chi connectivity index (χ0v) is 13.9. The number of ether oxygens (including phenoxy) is 6. The Labute approximate surface area is 131 Å². The molecule has 2 saturated heterocycles. The zero-order valence-electron chi connectivity index (χ0n) is 13.9. The summed E-state index contributed by atoms with van der Waals surface area (Å²) < 4.78 is 33.7. The maximum absolute atomic E-state index is 10.0. The molecule has 0 amide bonds. The van der Waals surface area contributed by atoms with Gasteiger partial charge >= 0.3 is 0 Å². The third kappa shape index (κ3) is 3.97. The number of hydrogen-bond acceptors (Lipinski definition) is 7. The molecular weight excluding hydrogens is 292 g/mol. The van der Waals surface area contributed by atoms with Gasteiger partial charge in [-0.1, -0.05) is 0 Å². The number of methoxy groups -OCH3 is 3. The molecule has 2 aliphatic rings. The molecule has 2 heterocycles. The topological polar surface area (TPSA) is 75.6 Å². The predicted octanol–water partition coefficient (Wildman–Crippen LogP) is 0.679. The summed E-state index contributed by atoms with van der Waals surface area (Å²) in [6.45, 7) is 3.73. The minimum absolute atomic E-state index is 0.138. The highest BCUT2D eigenvalue weighted by Gasteiger charge is 2.42. The highest BCUT2D eigenvalue weighted by molar-refractivity contribution is 4.86. The van der Waals surface area contributed by atoms with Gasteiger partial charge in [0, 0.05) is 34.2 Å². The van der Waals surface area contributed by atoms with Gasteiger partial charge < -0.3 is 33.5 Å². The molecular formula is C15H28O7. The van der Waals surface area contributed by atoms with Crippen LogP contribution in [-0.2, 0) is 28.4 Å². The molecule has 0 aromatic heterocycles. The normalized spacial score (nSPS) is 46.6. The van der Waals surface area contributed by atoms with Gasteiger partial charge in [-0.15, -0.1) is 0 Å². The number of aliphatic hydroxyl groups is 1. The molecule has 0 bridgehead atoms. The van der Waals surface area contributed by atoms with Crippen LogP contribution in [0.25, 0.3) is 0 Å². The van der Waals surface area contributed by atoms with Gasteiger partial charge in [0.2, 0.25) is 0 Å². The summed E-state index contributed by atoms with van der Waals surface area (Å²) in [7, 11) is 4.84. The van der Waals surface area contributed by atoms with E-state index < -0.39 is 12.4 Å². The standard InChI is InChI=1S/C15H28O7/c1-8-14(16)10(17-3)6-13(20-8)22-15-9(2)21-12(19-5)7-11(15)18-4/h8-16H,6-7H2,1-5H3/t8-,9-,10-,11-,12+,13-,14?,15-/m0/s1. The Hall–Kier alpha value is -0.280. The van der Waals surface area contributed by atoms with Gasteiger partial charge in [-0.05, 0) is 13.8 Å². The average Bonchev–Trinajstić information content (AvgIpc) is 2.52. The van der Waals surface area contributed by atoms with Crippen LogP contribution in [0, 0.1) is 0 Å². The van der Waals surface area contributed by atoms with E-state index in [2.05, 4.69) is 0 Å². The van der Waals surface area contributed by atoms with Crippen LogP contribution in [0.2, 0.25) is 0 Å². The van der Waals surface area contributed by atoms with E-state index in [1.807, 2.05) is 13.8 Å². The summed E-state index contributed by atoms with van der Waals surface area (Å²) in [6, 6.07) is 0. The van der Waals surface area contributed by atoms with E-state index in [0.29, 0.717) is 12.8 Å². The first-order valence-corrected chi connectivity index (χ1v) is 7.73. The Balaban J connectivity index is 1.99. The molecule has 1 unspecified atom stereocenters. The summed E-state index contributed by atoms with van der Waals surface area (Å²) in [5, 5.41) is 10.0. The van der Waals surface area contributed by atoms with E-state index in [1.54, 1.807) is 21.3 Å². The fraction of sp³-hybridized carbons (Fsp3) is 1.00. The van der Waals surface area contributed by atoms with Crippen molar-refractivity contribution in [2.45, 2.75) is 75.9 Å². The molecule has 1 N–H and O–H groups in total. The van der Waals surface area contributed by atoms with Crippen molar-refractivity contribution in [1.29, 1.82) is 0 Å². The monoisotopic (exact) mass is 320 g/mol. The Morgan fingerprint density at radius 1 is 0.818 bits per heavy atom. The smallest absolute Gasteiger partial charge is 0.161 e. The fourth-order valence-electron chi connectivity index (χ4n) is 3.08. The lowest BCUT2D eigenvalue weighted by atomic mass is 10.00. The Bertz CT molecular complexity index is 340. The van der Waals surface area contributed by atoms with Crippen molar-refractivity contribution >= 4 is 0 Å². The maximum Gasteiger partial charge on any atom is 0.161 e.